The van der Waals surface area contributed by atoms with E-state index in [0.717, 1.165) is 11.3 Å². The number of hydrogen-bond acceptors (Lipinski definition) is 8. The van der Waals surface area contributed by atoms with E-state index < -0.39 is 5.92 Å². The van der Waals surface area contributed by atoms with Gasteiger partial charge in [-0.1, -0.05) is 0 Å². The Bertz CT molecular complexity index is 1200. The summed E-state index contributed by atoms with van der Waals surface area (Å²) in [4.78, 5) is 0. The highest BCUT2D eigenvalue weighted by Gasteiger charge is 2.36. The number of nitrogens with one attached hydrogen (secondary N) is 1. The van der Waals surface area contributed by atoms with E-state index in [0.29, 0.717) is 23.4 Å². The molecule has 0 saturated heterocycles. The van der Waals surface area contributed by atoms with Crippen molar-refractivity contribution in [2.45, 2.75) is 12.8 Å². The Balaban J connectivity index is 1.91. The summed E-state index contributed by atoms with van der Waals surface area (Å²) < 4.78 is 21.8. The molecule has 0 radical (unpaired) electrons. The van der Waals surface area contributed by atoms with E-state index in [-0.39, 0.29) is 34.6 Å². The number of ether oxygens (including phenoxy) is 4. The summed E-state index contributed by atoms with van der Waals surface area (Å²) in [5, 5.41) is 27.5. The maximum absolute atomic E-state index is 10.3. The highest BCUT2D eigenvalue weighted by Crippen LogP contribution is 2.48. The summed E-state index contributed by atoms with van der Waals surface area (Å²) in [5.41, 5.74) is 9.01. The average molecular weight is 434 g/mol. The third-order valence-electron chi connectivity index (χ3n) is 5.23. The fourth-order valence-electron chi connectivity index (χ4n) is 3.76. The van der Waals surface area contributed by atoms with Crippen molar-refractivity contribution < 1.29 is 24.1 Å². The zero-order chi connectivity index (χ0) is 22.8. The largest absolute Gasteiger partial charge is 0.502 e. The molecule has 1 atom stereocenters. The van der Waals surface area contributed by atoms with E-state index in [9.17, 15) is 10.4 Å². The Kier molecular flexibility index (Phi) is 5.52. The number of methoxy groups -OCH3 is 2. The fourth-order valence-corrected chi connectivity index (χ4v) is 3.76. The highest BCUT2D eigenvalue weighted by atomic mass is 16.5. The number of aromatic nitrogens is 2. The quantitative estimate of drug-likeness (QED) is 0.537. The van der Waals surface area contributed by atoms with Gasteiger partial charge in [0, 0.05) is 5.56 Å². The van der Waals surface area contributed by atoms with Gasteiger partial charge in [-0.2, -0.15) is 5.26 Å². The van der Waals surface area contributed by atoms with Crippen LogP contribution >= 0.6 is 0 Å². The number of rotatable bonds is 6. The molecule has 3 aromatic rings. The molecule has 1 aliphatic heterocycles. The number of nitriles is 1. The summed E-state index contributed by atoms with van der Waals surface area (Å²) in [6.45, 7) is 2.48. The summed E-state index contributed by atoms with van der Waals surface area (Å²) in [6, 6.07) is 12.9. The van der Waals surface area contributed by atoms with Crippen LogP contribution in [0.2, 0.25) is 0 Å². The molecule has 2 aromatic carbocycles. The number of fused-ring (bicyclic) bond motifs is 1. The van der Waals surface area contributed by atoms with Crippen molar-refractivity contribution in [1.29, 1.82) is 5.26 Å². The molecule has 9 heteroatoms. The van der Waals surface area contributed by atoms with Crippen LogP contribution in [0, 0.1) is 11.3 Å². The number of aromatic hydroxyl groups is 1. The first-order valence-corrected chi connectivity index (χ1v) is 9.86. The van der Waals surface area contributed by atoms with E-state index in [4.69, 9.17) is 24.7 Å². The summed E-state index contributed by atoms with van der Waals surface area (Å²) in [7, 11) is 2.87. The predicted molar refractivity (Wildman–Crippen MR) is 116 cm³/mol. The second kappa shape index (κ2) is 8.43. The zero-order valence-corrected chi connectivity index (χ0v) is 17.8. The molecule has 0 spiro atoms. The molecule has 0 bridgehead atoms. The number of H-pyrrole nitrogens is 1. The summed E-state index contributed by atoms with van der Waals surface area (Å²) in [5.74, 6) is 0.603. The zero-order valence-electron chi connectivity index (χ0n) is 17.8. The van der Waals surface area contributed by atoms with Crippen molar-refractivity contribution in [3.05, 3.63) is 59.0 Å². The molecule has 164 valence electrons. The van der Waals surface area contributed by atoms with Crippen LogP contribution in [0.25, 0.3) is 11.3 Å². The lowest BCUT2D eigenvalue weighted by Gasteiger charge is -2.25. The second-order valence-corrected chi connectivity index (χ2v) is 6.97. The molecule has 1 unspecified atom stereocenters. The lowest BCUT2D eigenvalue weighted by atomic mass is 9.82. The molecule has 0 amide bonds. The molecule has 0 saturated carbocycles. The molecule has 32 heavy (non-hydrogen) atoms. The van der Waals surface area contributed by atoms with Gasteiger partial charge in [-0.05, 0) is 48.9 Å². The van der Waals surface area contributed by atoms with Crippen LogP contribution < -0.4 is 24.7 Å². The van der Waals surface area contributed by atoms with Gasteiger partial charge in [-0.15, -0.1) is 5.10 Å². The summed E-state index contributed by atoms with van der Waals surface area (Å²) in [6.07, 6.45) is 0. The van der Waals surface area contributed by atoms with Crippen LogP contribution in [0.15, 0.2) is 47.9 Å². The number of phenolic OH excluding ortho intramolecular Hbond substituents is 1. The first-order valence-electron chi connectivity index (χ1n) is 9.86. The molecular formula is C23H22N4O5. The van der Waals surface area contributed by atoms with E-state index in [2.05, 4.69) is 16.3 Å². The molecule has 1 aliphatic rings. The van der Waals surface area contributed by atoms with E-state index in [1.54, 1.807) is 12.1 Å². The monoisotopic (exact) mass is 434 g/mol. The van der Waals surface area contributed by atoms with Gasteiger partial charge in [-0.25, -0.2) is 0 Å². The van der Waals surface area contributed by atoms with Gasteiger partial charge in [0.2, 0.25) is 17.5 Å². The van der Waals surface area contributed by atoms with Gasteiger partial charge >= 0.3 is 0 Å². The second-order valence-electron chi connectivity index (χ2n) is 6.97. The van der Waals surface area contributed by atoms with Crippen LogP contribution in [-0.4, -0.2) is 36.1 Å². The van der Waals surface area contributed by atoms with Crippen LogP contribution in [0.1, 0.15) is 24.0 Å². The van der Waals surface area contributed by atoms with Gasteiger partial charge < -0.3 is 29.8 Å². The Hall–Kier alpha value is -4.32. The molecule has 4 rings (SSSR count). The van der Waals surface area contributed by atoms with Gasteiger partial charge in [0.15, 0.2) is 11.5 Å². The lowest BCUT2D eigenvalue weighted by molar-refractivity contribution is 0.338. The minimum atomic E-state index is -0.632. The number of benzene rings is 2. The Labute approximate surface area is 184 Å². The number of allylic oxidation sites excluding steroid dienone is 1. The van der Waals surface area contributed by atoms with Gasteiger partial charge in [0.1, 0.15) is 17.4 Å². The van der Waals surface area contributed by atoms with Crippen LogP contribution in [0.5, 0.6) is 28.9 Å². The maximum atomic E-state index is 10.3. The molecule has 9 nitrogen and oxygen atoms in total. The van der Waals surface area contributed by atoms with E-state index in [1.165, 1.54) is 14.2 Å². The van der Waals surface area contributed by atoms with Crippen molar-refractivity contribution in [3.63, 3.8) is 0 Å². The number of nitrogens with zero attached hydrogens (tertiary/aromatic N) is 2. The highest BCUT2D eigenvalue weighted by molar-refractivity contribution is 5.72. The standard InChI is InChI=1S/C23H22N4O5/c1-4-31-14-7-5-12(6-8-14)20-19-18(15(11-24)22(25)32-23(19)27-26-20)13-9-16(29-2)21(28)17(10-13)30-3/h5-10,18,28H,4,25H2,1-3H3,(H,26,27). The van der Waals surface area contributed by atoms with Crippen molar-refractivity contribution in [2.24, 2.45) is 5.73 Å². The van der Waals surface area contributed by atoms with Crippen LogP contribution in [0.4, 0.5) is 0 Å². The third kappa shape index (κ3) is 3.41. The summed E-state index contributed by atoms with van der Waals surface area (Å²) >= 11 is 0. The van der Waals surface area contributed by atoms with Crippen LogP contribution in [0.3, 0.4) is 0 Å². The smallest absolute Gasteiger partial charge is 0.244 e. The maximum Gasteiger partial charge on any atom is 0.244 e. The van der Waals surface area contributed by atoms with Crippen molar-refractivity contribution in [2.75, 3.05) is 20.8 Å². The molecule has 0 aliphatic carbocycles. The van der Waals surface area contributed by atoms with E-state index >= 15 is 0 Å². The van der Waals surface area contributed by atoms with E-state index in [1.807, 2.05) is 31.2 Å². The number of aromatic amines is 1. The fraction of sp³-hybridized carbons (Fsp3) is 0.217. The van der Waals surface area contributed by atoms with Gasteiger partial charge in [-0.3, -0.25) is 5.10 Å². The van der Waals surface area contributed by atoms with Gasteiger partial charge in [0.05, 0.1) is 38.0 Å². The number of nitrogens with two attached hydrogens (primary N) is 1. The Morgan fingerprint density at radius 3 is 2.41 bits per heavy atom. The normalized spacial score (nSPS) is 14.9. The predicted octanol–water partition coefficient (Wildman–Crippen LogP) is 3.42. The molecule has 4 N–H and O–H groups in total. The molecule has 0 fully saturated rings. The lowest BCUT2D eigenvalue weighted by Crippen LogP contribution is -2.21. The SMILES string of the molecule is CCOc1ccc(-c2[nH]nc3c2C(c2cc(OC)c(O)c(OC)c2)C(C#N)=C(N)O3)cc1. The van der Waals surface area contributed by atoms with Crippen LogP contribution in [-0.2, 0) is 0 Å². The molecule has 2 heterocycles. The third-order valence-corrected chi connectivity index (χ3v) is 5.23. The number of phenols is 1. The van der Waals surface area contributed by atoms with Gasteiger partial charge in [0.25, 0.3) is 0 Å². The van der Waals surface area contributed by atoms with Crippen molar-refractivity contribution in [3.8, 4) is 46.2 Å². The average Bonchev–Trinajstić information content (AvgIpc) is 3.22. The Morgan fingerprint density at radius 2 is 1.84 bits per heavy atom. The minimum absolute atomic E-state index is 0.0410. The Morgan fingerprint density at radius 1 is 1.19 bits per heavy atom. The minimum Gasteiger partial charge on any atom is -0.502 e. The van der Waals surface area contributed by atoms with Crippen molar-refractivity contribution >= 4 is 0 Å². The first kappa shape index (κ1) is 20.9. The number of hydrogen-bond donors (Lipinski definition) is 3. The molecular weight excluding hydrogens is 412 g/mol. The topological polar surface area (TPSA) is 136 Å². The first-order chi connectivity index (χ1) is 15.5. The van der Waals surface area contributed by atoms with Crippen molar-refractivity contribution in [1.82, 2.24) is 10.2 Å². The molecule has 1 aromatic heterocycles.